The molecular weight excluding hydrogens is 328 g/mol. The SMILES string of the molecule is CC(C)C[CH]C(=O)N[C@H]1CCCN(C(=O)CCC2CCCCC2)CC1=O. The topological polar surface area (TPSA) is 66.5 Å². The summed E-state index contributed by atoms with van der Waals surface area (Å²) in [6.07, 6.45) is 11.6. The van der Waals surface area contributed by atoms with Gasteiger partial charge in [-0.1, -0.05) is 46.0 Å². The van der Waals surface area contributed by atoms with Gasteiger partial charge in [-0.25, -0.2) is 0 Å². The van der Waals surface area contributed by atoms with E-state index in [1.54, 1.807) is 11.3 Å². The van der Waals surface area contributed by atoms with Gasteiger partial charge in [0, 0.05) is 19.4 Å². The zero-order valence-electron chi connectivity index (χ0n) is 16.5. The molecule has 2 fully saturated rings. The molecule has 0 spiro atoms. The number of nitrogens with zero attached hydrogens (tertiary/aromatic N) is 1. The maximum Gasteiger partial charge on any atom is 0.224 e. The predicted octanol–water partition coefficient (Wildman–Crippen LogP) is 3.27. The van der Waals surface area contributed by atoms with Crippen LogP contribution in [0.5, 0.6) is 0 Å². The molecular formula is C21H35N2O3. The van der Waals surface area contributed by atoms with Gasteiger partial charge in [-0.15, -0.1) is 0 Å². The van der Waals surface area contributed by atoms with E-state index in [0.29, 0.717) is 37.6 Å². The quantitative estimate of drug-likeness (QED) is 0.755. The number of carbonyl (C=O) groups excluding carboxylic acids is 3. The summed E-state index contributed by atoms with van der Waals surface area (Å²) in [6, 6.07) is -0.456. The van der Waals surface area contributed by atoms with Crippen LogP contribution in [0.15, 0.2) is 0 Å². The van der Waals surface area contributed by atoms with Gasteiger partial charge >= 0.3 is 0 Å². The second-order valence-corrected chi connectivity index (χ2v) is 8.36. The van der Waals surface area contributed by atoms with E-state index in [1.807, 2.05) is 0 Å². The Kier molecular flexibility index (Phi) is 8.60. The van der Waals surface area contributed by atoms with Crippen LogP contribution >= 0.6 is 0 Å². The third kappa shape index (κ3) is 7.08. The Balaban J connectivity index is 1.76. The van der Waals surface area contributed by atoms with E-state index in [-0.39, 0.29) is 24.1 Å². The first-order valence-electron chi connectivity index (χ1n) is 10.4. The van der Waals surface area contributed by atoms with Crippen LogP contribution in [0.3, 0.4) is 0 Å². The van der Waals surface area contributed by atoms with Crippen LogP contribution < -0.4 is 5.32 Å². The van der Waals surface area contributed by atoms with Crippen molar-refractivity contribution in [2.24, 2.45) is 11.8 Å². The summed E-state index contributed by atoms with van der Waals surface area (Å²) in [4.78, 5) is 38.7. The van der Waals surface area contributed by atoms with Crippen LogP contribution in [-0.4, -0.2) is 41.6 Å². The minimum atomic E-state index is -0.456. The minimum absolute atomic E-state index is 0.0418. The van der Waals surface area contributed by atoms with Crippen molar-refractivity contribution in [3.63, 3.8) is 0 Å². The molecule has 0 aromatic rings. The monoisotopic (exact) mass is 363 g/mol. The van der Waals surface area contributed by atoms with Crippen LogP contribution in [0.2, 0.25) is 0 Å². The molecule has 1 N–H and O–H groups in total. The maximum absolute atomic E-state index is 12.5. The highest BCUT2D eigenvalue weighted by Crippen LogP contribution is 2.27. The summed E-state index contributed by atoms with van der Waals surface area (Å²) < 4.78 is 0. The highest BCUT2D eigenvalue weighted by molar-refractivity contribution is 5.94. The molecule has 1 atom stereocenters. The Hall–Kier alpha value is -1.39. The van der Waals surface area contributed by atoms with Crippen LogP contribution in [0, 0.1) is 18.3 Å². The number of likely N-dealkylation sites (tertiary alicyclic amines) is 1. The van der Waals surface area contributed by atoms with Crippen molar-refractivity contribution >= 4 is 17.6 Å². The zero-order valence-corrected chi connectivity index (χ0v) is 16.5. The Morgan fingerprint density at radius 2 is 1.88 bits per heavy atom. The van der Waals surface area contributed by atoms with Crippen LogP contribution in [-0.2, 0) is 14.4 Å². The number of Topliss-reactive ketones (excluding diaryl/α,β-unsaturated/α-hetero) is 1. The molecule has 1 saturated heterocycles. The fraction of sp³-hybridized carbons (Fsp3) is 0.810. The van der Waals surface area contributed by atoms with Gasteiger partial charge in [0.05, 0.1) is 12.6 Å². The number of hydrogen-bond acceptors (Lipinski definition) is 3. The van der Waals surface area contributed by atoms with Crippen LogP contribution in [0.4, 0.5) is 0 Å². The molecule has 1 aliphatic heterocycles. The van der Waals surface area contributed by atoms with Crippen molar-refractivity contribution in [3.8, 4) is 0 Å². The van der Waals surface area contributed by atoms with Crippen molar-refractivity contribution < 1.29 is 14.4 Å². The first kappa shape index (κ1) is 20.9. The van der Waals surface area contributed by atoms with Crippen LogP contribution in [0.25, 0.3) is 0 Å². The Labute approximate surface area is 158 Å². The van der Waals surface area contributed by atoms with Gasteiger partial charge in [-0.05, 0) is 37.5 Å². The lowest BCUT2D eigenvalue weighted by atomic mass is 9.86. The molecule has 1 radical (unpaired) electrons. The predicted molar refractivity (Wildman–Crippen MR) is 102 cm³/mol. The molecule has 1 heterocycles. The molecule has 1 saturated carbocycles. The zero-order chi connectivity index (χ0) is 18.9. The molecule has 0 aromatic heterocycles. The molecule has 0 bridgehead atoms. The normalized spacial score (nSPS) is 22.3. The number of hydrogen-bond donors (Lipinski definition) is 1. The summed E-state index contributed by atoms with van der Waals surface area (Å²) in [5.41, 5.74) is 0. The highest BCUT2D eigenvalue weighted by Gasteiger charge is 2.28. The number of nitrogens with one attached hydrogen (secondary N) is 1. The summed E-state index contributed by atoms with van der Waals surface area (Å²) in [5.74, 6) is 0.984. The number of carbonyl (C=O) groups is 3. The summed E-state index contributed by atoms with van der Waals surface area (Å²) in [6.45, 7) is 4.87. The lowest BCUT2D eigenvalue weighted by Gasteiger charge is -2.24. The first-order chi connectivity index (χ1) is 12.5. The van der Waals surface area contributed by atoms with E-state index in [1.165, 1.54) is 32.1 Å². The average molecular weight is 364 g/mol. The Bertz CT molecular complexity index is 484. The fourth-order valence-electron chi connectivity index (χ4n) is 3.93. The molecule has 2 rings (SSSR count). The summed E-state index contributed by atoms with van der Waals surface area (Å²) >= 11 is 0. The molecule has 147 valence electrons. The van der Waals surface area contributed by atoms with Gasteiger partial charge in [0.1, 0.15) is 0 Å². The third-order valence-corrected chi connectivity index (χ3v) is 5.59. The lowest BCUT2D eigenvalue weighted by Crippen LogP contribution is -2.44. The van der Waals surface area contributed by atoms with E-state index in [0.717, 1.165) is 12.8 Å². The van der Waals surface area contributed by atoms with Gasteiger partial charge in [-0.2, -0.15) is 0 Å². The van der Waals surface area contributed by atoms with Crippen molar-refractivity contribution in [3.05, 3.63) is 6.42 Å². The van der Waals surface area contributed by atoms with Crippen molar-refractivity contribution in [2.45, 2.75) is 84.1 Å². The van der Waals surface area contributed by atoms with Gasteiger partial charge in [-0.3, -0.25) is 14.4 Å². The molecule has 2 aliphatic rings. The minimum Gasteiger partial charge on any atom is -0.346 e. The largest absolute Gasteiger partial charge is 0.346 e. The van der Waals surface area contributed by atoms with Crippen molar-refractivity contribution in [1.29, 1.82) is 0 Å². The number of amides is 2. The van der Waals surface area contributed by atoms with Crippen LogP contribution in [0.1, 0.15) is 78.1 Å². The molecule has 0 aromatic carbocycles. The van der Waals surface area contributed by atoms with Gasteiger partial charge in [0.25, 0.3) is 0 Å². The Morgan fingerprint density at radius 1 is 1.15 bits per heavy atom. The van der Waals surface area contributed by atoms with E-state index in [2.05, 4.69) is 19.2 Å². The molecule has 0 unspecified atom stereocenters. The van der Waals surface area contributed by atoms with E-state index < -0.39 is 6.04 Å². The smallest absolute Gasteiger partial charge is 0.224 e. The highest BCUT2D eigenvalue weighted by atomic mass is 16.2. The Morgan fingerprint density at radius 3 is 2.58 bits per heavy atom. The van der Waals surface area contributed by atoms with Crippen molar-refractivity contribution in [2.75, 3.05) is 13.1 Å². The second kappa shape index (κ2) is 10.7. The molecule has 5 nitrogen and oxygen atoms in total. The van der Waals surface area contributed by atoms with Gasteiger partial charge in [0.15, 0.2) is 5.78 Å². The van der Waals surface area contributed by atoms with Gasteiger partial charge in [0.2, 0.25) is 11.8 Å². The van der Waals surface area contributed by atoms with Crippen molar-refractivity contribution in [1.82, 2.24) is 10.2 Å². The van der Waals surface area contributed by atoms with E-state index >= 15 is 0 Å². The average Bonchev–Trinajstić information content (AvgIpc) is 2.81. The third-order valence-electron chi connectivity index (χ3n) is 5.59. The van der Waals surface area contributed by atoms with E-state index in [9.17, 15) is 14.4 Å². The first-order valence-corrected chi connectivity index (χ1v) is 10.4. The van der Waals surface area contributed by atoms with E-state index in [4.69, 9.17) is 0 Å². The number of ketones is 1. The summed E-state index contributed by atoms with van der Waals surface area (Å²) in [7, 11) is 0. The number of rotatable bonds is 7. The summed E-state index contributed by atoms with van der Waals surface area (Å²) in [5, 5.41) is 2.83. The van der Waals surface area contributed by atoms with Gasteiger partial charge < -0.3 is 10.2 Å². The second-order valence-electron chi connectivity index (χ2n) is 8.36. The lowest BCUT2D eigenvalue weighted by molar-refractivity contribution is -0.135. The molecule has 2 amide bonds. The molecule has 26 heavy (non-hydrogen) atoms. The standard InChI is InChI=1S/C21H35N2O3/c1-16(2)10-12-20(25)22-18-9-6-14-23(15-19(18)24)21(26)13-11-17-7-4-3-5-8-17/h12,16-18H,3-11,13-15H2,1-2H3,(H,22,25)/t18-/m0/s1. The maximum atomic E-state index is 12.5. The fourth-order valence-corrected chi connectivity index (χ4v) is 3.93. The molecule has 1 aliphatic carbocycles. The molecule has 5 heteroatoms.